The Kier molecular flexibility index (Phi) is 4.55. The first-order valence-corrected chi connectivity index (χ1v) is 6.91. The highest BCUT2D eigenvalue weighted by Gasteiger charge is 2.36. The van der Waals surface area contributed by atoms with E-state index in [1.165, 1.54) is 6.07 Å². The van der Waals surface area contributed by atoms with Crippen LogP contribution in [0.15, 0.2) is 18.2 Å². The Hall–Kier alpha value is -1.98. The molecular formula is C15H17F2NO3. The van der Waals surface area contributed by atoms with Crippen molar-refractivity contribution in [2.75, 3.05) is 0 Å². The van der Waals surface area contributed by atoms with Crippen LogP contribution in [-0.2, 0) is 4.79 Å². The minimum Gasteiger partial charge on any atom is -0.481 e. The standard InChI is InChI=1S/C15H17F2NO3/c16-11-5-4-10(8-12(11)17)14(21)18-15(9-13(19)20)6-2-1-3-7-15/h4-5,8H,1-3,6-7,9H2,(H,18,21)(H,19,20). The molecule has 0 unspecified atom stereocenters. The molecule has 0 spiro atoms. The first-order valence-electron chi connectivity index (χ1n) is 6.91. The molecule has 0 saturated heterocycles. The maximum Gasteiger partial charge on any atom is 0.305 e. The van der Waals surface area contributed by atoms with Gasteiger partial charge in [0, 0.05) is 5.56 Å². The van der Waals surface area contributed by atoms with E-state index < -0.39 is 29.0 Å². The van der Waals surface area contributed by atoms with Crippen molar-refractivity contribution in [2.24, 2.45) is 0 Å². The smallest absolute Gasteiger partial charge is 0.305 e. The van der Waals surface area contributed by atoms with Crippen molar-refractivity contribution in [1.29, 1.82) is 0 Å². The summed E-state index contributed by atoms with van der Waals surface area (Å²) < 4.78 is 26.1. The van der Waals surface area contributed by atoms with Crippen LogP contribution in [0.2, 0.25) is 0 Å². The average Bonchev–Trinajstić information content (AvgIpc) is 2.41. The molecule has 0 aliphatic heterocycles. The minimum absolute atomic E-state index is 0.00997. The third kappa shape index (κ3) is 3.77. The highest BCUT2D eigenvalue weighted by Crippen LogP contribution is 2.31. The number of carbonyl (C=O) groups excluding carboxylic acids is 1. The molecule has 0 atom stereocenters. The van der Waals surface area contributed by atoms with Gasteiger partial charge in [-0.2, -0.15) is 0 Å². The van der Waals surface area contributed by atoms with Crippen LogP contribution in [0.3, 0.4) is 0 Å². The number of halogens is 2. The topological polar surface area (TPSA) is 66.4 Å². The number of carboxylic acids is 1. The summed E-state index contributed by atoms with van der Waals surface area (Å²) in [6.07, 6.45) is 3.67. The molecule has 0 aromatic heterocycles. The number of rotatable bonds is 4. The van der Waals surface area contributed by atoms with E-state index in [-0.39, 0.29) is 12.0 Å². The summed E-state index contributed by atoms with van der Waals surface area (Å²) >= 11 is 0. The van der Waals surface area contributed by atoms with Crippen molar-refractivity contribution in [3.8, 4) is 0 Å². The molecule has 1 aliphatic rings. The number of hydrogen-bond acceptors (Lipinski definition) is 2. The van der Waals surface area contributed by atoms with E-state index in [0.29, 0.717) is 12.8 Å². The SMILES string of the molecule is O=C(O)CC1(NC(=O)c2ccc(F)c(F)c2)CCCCC1. The molecule has 4 nitrogen and oxygen atoms in total. The first-order chi connectivity index (χ1) is 9.92. The summed E-state index contributed by atoms with van der Waals surface area (Å²) in [5.74, 6) is -3.68. The van der Waals surface area contributed by atoms with Crippen LogP contribution in [0.5, 0.6) is 0 Å². The van der Waals surface area contributed by atoms with Crippen LogP contribution in [0.4, 0.5) is 8.78 Å². The lowest BCUT2D eigenvalue weighted by molar-refractivity contribution is -0.139. The molecule has 1 fully saturated rings. The molecular weight excluding hydrogens is 280 g/mol. The van der Waals surface area contributed by atoms with Gasteiger partial charge in [-0.3, -0.25) is 9.59 Å². The van der Waals surface area contributed by atoms with E-state index in [1.807, 2.05) is 0 Å². The highest BCUT2D eigenvalue weighted by atomic mass is 19.2. The van der Waals surface area contributed by atoms with Gasteiger partial charge in [-0.1, -0.05) is 19.3 Å². The molecule has 21 heavy (non-hydrogen) atoms. The van der Waals surface area contributed by atoms with Crippen molar-refractivity contribution in [3.05, 3.63) is 35.4 Å². The van der Waals surface area contributed by atoms with Gasteiger partial charge in [0.2, 0.25) is 0 Å². The van der Waals surface area contributed by atoms with E-state index in [0.717, 1.165) is 31.4 Å². The number of hydrogen-bond donors (Lipinski definition) is 2. The molecule has 2 N–H and O–H groups in total. The molecule has 6 heteroatoms. The fourth-order valence-electron chi connectivity index (χ4n) is 2.81. The number of carbonyl (C=O) groups is 2. The summed E-state index contributed by atoms with van der Waals surface area (Å²) in [5.41, 5.74) is -0.810. The van der Waals surface area contributed by atoms with Crippen molar-refractivity contribution in [1.82, 2.24) is 5.32 Å². The lowest BCUT2D eigenvalue weighted by Gasteiger charge is -2.37. The van der Waals surface area contributed by atoms with Gasteiger partial charge in [0.15, 0.2) is 11.6 Å². The predicted octanol–water partition coefficient (Wildman–Crippen LogP) is 2.87. The molecule has 1 aromatic rings. The second kappa shape index (κ2) is 6.20. The Morgan fingerprint density at radius 1 is 1.14 bits per heavy atom. The molecule has 1 saturated carbocycles. The minimum atomic E-state index is -1.10. The number of amides is 1. The molecule has 2 rings (SSSR count). The molecule has 1 amide bonds. The summed E-state index contributed by atoms with van der Waals surface area (Å²) in [6, 6.07) is 2.89. The van der Waals surface area contributed by atoms with Crippen LogP contribution in [0, 0.1) is 11.6 Å². The molecule has 1 aliphatic carbocycles. The predicted molar refractivity (Wildman–Crippen MR) is 71.9 cm³/mol. The van der Waals surface area contributed by atoms with Gasteiger partial charge in [-0.25, -0.2) is 8.78 Å². The summed E-state index contributed by atoms with van der Waals surface area (Å²) in [4.78, 5) is 23.2. The van der Waals surface area contributed by atoms with Crippen LogP contribution in [-0.4, -0.2) is 22.5 Å². The van der Waals surface area contributed by atoms with Crippen LogP contribution in [0.25, 0.3) is 0 Å². The quantitative estimate of drug-likeness (QED) is 0.898. The van der Waals surface area contributed by atoms with Gasteiger partial charge in [0.05, 0.1) is 12.0 Å². The first kappa shape index (κ1) is 15.4. The van der Waals surface area contributed by atoms with Gasteiger partial charge in [-0.05, 0) is 31.0 Å². The largest absolute Gasteiger partial charge is 0.481 e. The molecule has 0 radical (unpaired) electrons. The van der Waals surface area contributed by atoms with E-state index in [2.05, 4.69) is 5.32 Å². The maximum atomic E-state index is 13.2. The fraction of sp³-hybridized carbons (Fsp3) is 0.467. The van der Waals surface area contributed by atoms with Crippen molar-refractivity contribution in [3.63, 3.8) is 0 Å². The second-order valence-corrected chi connectivity index (χ2v) is 5.49. The monoisotopic (exact) mass is 297 g/mol. The van der Waals surface area contributed by atoms with E-state index >= 15 is 0 Å². The number of carboxylic acid groups (broad SMARTS) is 1. The van der Waals surface area contributed by atoms with E-state index in [1.54, 1.807) is 0 Å². The van der Waals surface area contributed by atoms with Crippen molar-refractivity contribution in [2.45, 2.75) is 44.1 Å². The number of aliphatic carboxylic acids is 1. The zero-order chi connectivity index (χ0) is 15.5. The van der Waals surface area contributed by atoms with Crippen LogP contribution in [0.1, 0.15) is 48.9 Å². The summed E-state index contributed by atoms with van der Waals surface area (Å²) in [7, 11) is 0. The Bertz CT molecular complexity index is 554. The molecule has 0 heterocycles. The normalized spacial score (nSPS) is 17.2. The maximum absolute atomic E-state index is 13.2. The third-order valence-corrected chi connectivity index (χ3v) is 3.86. The zero-order valence-electron chi connectivity index (χ0n) is 11.5. The number of benzene rings is 1. The van der Waals surface area contributed by atoms with Gasteiger partial charge >= 0.3 is 5.97 Å². The Morgan fingerprint density at radius 2 is 1.81 bits per heavy atom. The Labute approximate surface area is 121 Å². The highest BCUT2D eigenvalue weighted by molar-refractivity contribution is 5.95. The zero-order valence-corrected chi connectivity index (χ0v) is 11.5. The van der Waals surface area contributed by atoms with Crippen LogP contribution >= 0.6 is 0 Å². The van der Waals surface area contributed by atoms with Gasteiger partial charge < -0.3 is 10.4 Å². The van der Waals surface area contributed by atoms with Crippen LogP contribution < -0.4 is 5.32 Å². The molecule has 0 bridgehead atoms. The van der Waals surface area contributed by atoms with Crippen molar-refractivity contribution < 1.29 is 23.5 Å². The lowest BCUT2D eigenvalue weighted by atomic mass is 9.79. The third-order valence-electron chi connectivity index (χ3n) is 3.86. The molecule has 114 valence electrons. The fourth-order valence-corrected chi connectivity index (χ4v) is 2.81. The Morgan fingerprint density at radius 3 is 2.38 bits per heavy atom. The summed E-state index contributed by atoms with van der Waals surface area (Å²) in [5, 5.41) is 11.8. The summed E-state index contributed by atoms with van der Waals surface area (Å²) in [6.45, 7) is 0. The van der Waals surface area contributed by atoms with Gasteiger partial charge in [-0.15, -0.1) is 0 Å². The average molecular weight is 297 g/mol. The van der Waals surface area contributed by atoms with Gasteiger partial charge in [0.25, 0.3) is 5.91 Å². The van der Waals surface area contributed by atoms with E-state index in [9.17, 15) is 18.4 Å². The number of nitrogens with one attached hydrogen (secondary N) is 1. The van der Waals surface area contributed by atoms with Crippen molar-refractivity contribution >= 4 is 11.9 Å². The van der Waals surface area contributed by atoms with Gasteiger partial charge in [0.1, 0.15) is 0 Å². The Balaban J connectivity index is 2.17. The van der Waals surface area contributed by atoms with E-state index in [4.69, 9.17) is 5.11 Å². The second-order valence-electron chi connectivity index (χ2n) is 5.49. The lowest BCUT2D eigenvalue weighted by Crippen LogP contribution is -2.51. The molecule has 1 aromatic carbocycles.